The highest BCUT2D eigenvalue weighted by molar-refractivity contribution is 6.07. The van der Waals surface area contributed by atoms with Gasteiger partial charge in [0.2, 0.25) is 0 Å². The van der Waals surface area contributed by atoms with Gasteiger partial charge in [0.05, 0.1) is 19.0 Å². The van der Waals surface area contributed by atoms with Crippen LogP contribution in [-0.2, 0) is 4.79 Å². The highest BCUT2D eigenvalue weighted by Crippen LogP contribution is 2.18. The van der Waals surface area contributed by atoms with E-state index in [0.717, 1.165) is 10.8 Å². The maximum absolute atomic E-state index is 12.3. The van der Waals surface area contributed by atoms with Gasteiger partial charge in [0.15, 0.2) is 0 Å². The number of amides is 2. The summed E-state index contributed by atoms with van der Waals surface area (Å²) >= 11 is 0. The molecule has 0 unspecified atom stereocenters. The number of nitrogens with one attached hydrogen (secondary N) is 2. The summed E-state index contributed by atoms with van der Waals surface area (Å²) < 4.78 is 5.04. The zero-order valence-corrected chi connectivity index (χ0v) is 12.7. The third-order valence-corrected chi connectivity index (χ3v) is 3.37. The molecule has 0 saturated heterocycles. The number of nitrogens with zero attached hydrogens (tertiary/aromatic N) is 1. The number of fused-ring (bicyclic) bond motifs is 1. The van der Waals surface area contributed by atoms with Crippen molar-refractivity contribution in [3.63, 3.8) is 0 Å². The van der Waals surface area contributed by atoms with Crippen LogP contribution in [-0.4, -0.2) is 24.6 Å². The molecule has 120 valence electrons. The monoisotopic (exact) mass is 321 g/mol. The maximum atomic E-state index is 12.3. The van der Waals surface area contributed by atoms with Crippen molar-refractivity contribution in [2.75, 3.05) is 6.54 Å². The summed E-state index contributed by atoms with van der Waals surface area (Å²) in [5, 5.41) is 8.14. The van der Waals surface area contributed by atoms with Crippen LogP contribution in [0.4, 0.5) is 0 Å². The van der Waals surface area contributed by atoms with Crippen LogP contribution in [0, 0.1) is 0 Å². The van der Waals surface area contributed by atoms with Crippen molar-refractivity contribution in [1.82, 2.24) is 10.7 Å². The van der Waals surface area contributed by atoms with Gasteiger partial charge in [-0.2, -0.15) is 5.10 Å². The van der Waals surface area contributed by atoms with Crippen molar-refractivity contribution in [2.24, 2.45) is 5.10 Å². The first-order chi connectivity index (χ1) is 11.7. The number of rotatable bonds is 5. The normalized spacial score (nSPS) is 10.8. The van der Waals surface area contributed by atoms with E-state index < -0.39 is 5.91 Å². The molecular weight excluding hydrogens is 306 g/mol. The molecule has 1 aromatic heterocycles. The van der Waals surface area contributed by atoms with Crippen LogP contribution in [0.25, 0.3) is 10.8 Å². The molecule has 6 nitrogen and oxygen atoms in total. The highest BCUT2D eigenvalue weighted by Gasteiger charge is 2.10. The molecule has 24 heavy (non-hydrogen) atoms. The Hall–Kier alpha value is -3.41. The number of hydrazone groups is 1. The molecule has 2 aromatic carbocycles. The molecule has 3 rings (SSSR count). The molecule has 0 atom stereocenters. The van der Waals surface area contributed by atoms with Crippen LogP contribution in [0.2, 0.25) is 0 Å². The smallest absolute Gasteiger partial charge is 0.259 e. The summed E-state index contributed by atoms with van der Waals surface area (Å²) in [6.07, 6.45) is 2.89. The number of hydrogen-bond acceptors (Lipinski definition) is 4. The number of furan rings is 1. The number of carbonyl (C=O) groups excluding carboxylic acids is 2. The van der Waals surface area contributed by atoms with E-state index in [1.54, 1.807) is 18.2 Å². The van der Waals surface area contributed by atoms with Gasteiger partial charge in [0.1, 0.15) is 5.76 Å². The largest absolute Gasteiger partial charge is 0.463 e. The Labute approximate surface area is 138 Å². The fraction of sp³-hybridized carbons (Fsp3) is 0.0556. The lowest BCUT2D eigenvalue weighted by Gasteiger charge is -2.07. The van der Waals surface area contributed by atoms with Gasteiger partial charge in [-0.3, -0.25) is 9.59 Å². The molecular formula is C18H15N3O3. The van der Waals surface area contributed by atoms with Gasteiger partial charge in [0.25, 0.3) is 11.8 Å². The van der Waals surface area contributed by atoms with Crippen LogP contribution >= 0.6 is 0 Å². The second kappa shape index (κ2) is 7.23. The summed E-state index contributed by atoms with van der Waals surface area (Å²) in [6.45, 7) is -0.169. The van der Waals surface area contributed by atoms with Crippen LogP contribution < -0.4 is 10.7 Å². The number of hydrogen-bond donors (Lipinski definition) is 2. The van der Waals surface area contributed by atoms with Crippen molar-refractivity contribution >= 4 is 28.8 Å². The summed E-state index contributed by atoms with van der Waals surface area (Å²) in [6, 6.07) is 16.5. The third-order valence-electron chi connectivity index (χ3n) is 3.37. The lowest BCUT2D eigenvalue weighted by molar-refractivity contribution is -0.120. The van der Waals surface area contributed by atoms with E-state index in [1.807, 2.05) is 36.4 Å². The highest BCUT2D eigenvalue weighted by atomic mass is 16.3. The summed E-state index contributed by atoms with van der Waals surface area (Å²) in [4.78, 5) is 24.0. The summed E-state index contributed by atoms with van der Waals surface area (Å²) in [7, 11) is 0. The Morgan fingerprint density at radius 2 is 1.88 bits per heavy atom. The van der Waals surface area contributed by atoms with E-state index in [0.29, 0.717) is 11.3 Å². The zero-order valence-electron chi connectivity index (χ0n) is 12.7. The Morgan fingerprint density at radius 3 is 2.71 bits per heavy atom. The van der Waals surface area contributed by atoms with E-state index >= 15 is 0 Å². The zero-order chi connectivity index (χ0) is 16.8. The lowest BCUT2D eigenvalue weighted by Crippen LogP contribution is -2.35. The van der Waals surface area contributed by atoms with E-state index in [2.05, 4.69) is 15.8 Å². The molecule has 2 amide bonds. The first-order valence-corrected chi connectivity index (χ1v) is 7.35. The van der Waals surface area contributed by atoms with Crippen LogP contribution in [0.15, 0.2) is 70.4 Å². The molecule has 0 aliphatic heterocycles. The Balaban J connectivity index is 1.57. The van der Waals surface area contributed by atoms with E-state index in [1.165, 1.54) is 12.5 Å². The SMILES string of the molecule is O=C(CNC(=O)c1cccc2ccccc12)NN=Cc1ccco1. The average molecular weight is 321 g/mol. The maximum Gasteiger partial charge on any atom is 0.259 e. The standard InChI is InChI=1S/C18H15N3O3/c22-17(21-20-11-14-7-4-10-24-14)12-19-18(23)16-9-3-6-13-5-1-2-8-15(13)16/h1-11H,12H2,(H,19,23)(H,21,22). The molecule has 6 heteroatoms. The molecule has 2 N–H and O–H groups in total. The Kier molecular flexibility index (Phi) is 4.67. The van der Waals surface area contributed by atoms with E-state index in [4.69, 9.17) is 4.42 Å². The minimum absolute atomic E-state index is 0.169. The number of benzene rings is 2. The van der Waals surface area contributed by atoms with Gasteiger partial charge in [-0.25, -0.2) is 5.43 Å². The first kappa shape index (κ1) is 15.5. The van der Waals surface area contributed by atoms with Crippen molar-refractivity contribution in [3.8, 4) is 0 Å². The molecule has 0 bridgehead atoms. The van der Waals surface area contributed by atoms with Crippen molar-refractivity contribution in [3.05, 3.63) is 72.2 Å². The van der Waals surface area contributed by atoms with Gasteiger partial charge in [-0.15, -0.1) is 0 Å². The summed E-state index contributed by atoms with van der Waals surface area (Å²) in [5.74, 6) is -0.210. The first-order valence-electron chi connectivity index (χ1n) is 7.35. The van der Waals surface area contributed by atoms with E-state index in [9.17, 15) is 9.59 Å². The molecule has 0 radical (unpaired) electrons. The van der Waals surface area contributed by atoms with Gasteiger partial charge in [0, 0.05) is 5.56 Å². The van der Waals surface area contributed by atoms with Gasteiger partial charge >= 0.3 is 0 Å². The minimum Gasteiger partial charge on any atom is -0.463 e. The van der Waals surface area contributed by atoms with Crippen molar-refractivity contribution in [1.29, 1.82) is 0 Å². The third kappa shape index (κ3) is 3.67. The second-order valence-electron chi connectivity index (χ2n) is 5.02. The molecule has 0 aliphatic carbocycles. The van der Waals surface area contributed by atoms with Crippen molar-refractivity contribution < 1.29 is 14.0 Å². The summed E-state index contributed by atoms with van der Waals surface area (Å²) in [5.41, 5.74) is 2.85. The molecule has 3 aromatic rings. The fourth-order valence-corrected chi connectivity index (χ4v) is 2.25. The Bertz CT molecular complexity index is 880. The Morgan fingerprint density at radius 1 is 1.04 bits per heavy atom. The minimum atomic E-state index is -0.425. The quantitative estimate of drug-likeness (QED) is 0.559. The molecule has 0 aliphatic rings. The topological polar surface area (TPSA) is 83.7 Å². The van der Waals surface area contributed by atoms with Crippen LogP contribution in [0.5, 0.6) is 0 Å². The molecule has 0 saturated carbocycles. The molecule has 0 spiro atoms. The molecule has 1 heterocycles. The average Bonchev–Trinajstić information content (AvgIpc) is 3.12. The van der Waals surface area contributed by atoms with Crippen LogP contribution in [0.3, 0.4) is 0 Å². The van der Waals surface area contributed by atoms with Gasteiger partial charge in [-0.1, -0.05) is 36.4 Å². The predicted molar refractivity (Wildman–Crippen MR) is 90.7 cm³/mol. The lowest BCUT2D eigenvalue weighted by atomic mass is 10.0. The van der Waals surface area contributed by atoms with Gasteiger partial charge in [-0.05, 0) is 29.0 Å². The van der Waals surface area contributed by atoms with Crippen LogP contribution in [0.1, 0.15) is 16.1 Å². The second-order valence-corrected chi connectivity index (χ2v) is 5.02. The van der Waals surface area contributed by atoms with Gasteiger partial charge < -0.3 is 9.73 Å². The fourth-order valence-electron chi connectivity index (χ4n) is 2.25. The number of carbonyl (C=O) groups is 2. The predicted octanol–water partition coefficient (Wildman–Crippen LogP) is 2.31. The van der Waals surface area contributed by atoms with Crippen molar-refractivity contribution in [2.45, 2.75) is 0 Å². The van der Waals surface area contributed by atoms with E-state index in [-0.39, 0.29) is 12.5 Å². The molecule has 0 fully saturated rings.